The highest BCUT2D eigenvalue weighted by Gasteiger charge is 2.15. The molecule has 0 fully saturated rings. The predicted octanol–water partition coefficient (Wildman–Crippen LogP) is 3.00. The number of fused-ring (bicyclic) bond motifs is 3. The fourth-order valence-corrected chi connectivity index (χ4v) is 3.12. The van der Waals surface area contributed by atoms with Crippen molar-refractivity contribution in [3.63, 3.8) is 0 Å². The van der Waals surface area contributed by atoms with E-state index in [1.165, 1.54) is 11.3 Å². The summed E-state index contributed by atoms with van der Waals surface area (Å²) in [7, 11) is 3.58. The van der Waals surface area contributed by atoms with Gasteiger partial charge < -0.3 is 9.30 Å². The minimum Gasteiger partial charge on any atom is -0.494 e. The molecule has 0 bridgehead atoms. The number of hydrogen-bond acceptors (Lipinski definition) is 4. The van der Waals surface area contributed by atoms with Crippen LogP contribution in [0.25, 0.3) is 21.1 Å². The highest BCUT2D eigenvalue weighted by molar-refractivity contribution is 7.21. The van der Waals surface area contributed by atoms with E-state index in [1.54, 1.807) is 20.4 Å². The number of aromatic nitrogens is 2. The molecular formula is C13H12N2O2S. The first kappa shape index (κ1) is 11.2. The molecule has 1 aromatic carbocycles. The Morgan fingerprint density at radius 3 is 2.89 bits per heavy atom. The Kier molecular flexibility index (Phi) is 2.38. The molecule has 4 nitrogen and oxygen atoms in total. The third-order valence-electron chi connectivity index (χ3n) is 3.02. The van der Waals surface area contributed by atoms with Crippen LogP contribution in [0.3, 0.4) is 0 Å². The van der Waals surface area contributed by atoms with Crippen LogP contribution < -0.4 is 4.74 Å². The van der Waals surface area contributed by atoms with Crippen molar-refractivity contribution in [1.82, 2.24) is 9.55 Å². The van der Waals surface area contributed by atoms with Crippen molar-refractivity contribution in [3.8, 4) is 5.75 Å². The molecule has 0 aliphatic carbocycles. The zero-order valence-corrected chi connectivity index (χ0v) is 11.2. The molecule has 0 saturated carbocycles. The lowest BCUT2D eigenvalue weighted by atomic mass is 10.2. The van der Waals surface area contributed by atoms with Crippen LogP contribution in [0.4, 0.5) is 0 Å². The van der Waals surface area contributed by atoms with Crippen LogP contribution in [0.5, 0.6) is 5.75 Å². The van der Waals surface area contributed by atoms with Gasteiger partial charge in [-0.2, -0.15) is 0 Å². The smallest absolute Gasteiger partial charge is 0.169 e. The van der Waals surface area contributed by atoms with Crippen molar-refractivity contribution < 1.29 is 9.53 Å². The number of nitrogens with zero attached hydrogens (tertiary/aromatic N) is 2. The van der Waals surface area contributed by atoms with Crippen molar-refractivity contribution in [2.24, 2.45) is 7.05 Å². The van der Waals surface area contributed by atoms with Gasteiger partial charge in [0.2, 0.25) is 0 Å². The van der Waals surface area contributed by atoms with E-state index in [4.69, 9.17) is 4.74 Å². The lowest BCUT2D eigenvalue weighted by Gasteiger charge is -2.04. The molecule has 2 aromatic heterocycles. The van der Waals surface area contributed by atoms with Gasteiger partial charge in [-0.05, 0) is 13.0 Å². The molecular weight excluding hydrogens is 248 g/mol. The molecule has 0 atom stereocenters. The number of hydrogen-bond donors (Lipinski definition) is 0. The molecule has 0 amide bonds. The molecule has 0 saturated heterocycles. The van der Waals surface area contributed by atoms with Crippen LogP contribution in [0.2, 0.25) is 0 Å². The van der Waals surface area contributed by atoms with Crippen molar-refractivity contribution in [2.45, 2.75) is 6.92 Å². The Morgan fingerprint density at radius 2 is 2.22 bits per heavy atom. The number of ketones is 1. The van der Waals surface area contributed by atoms with Gasteiger partial charge in [0.15, 0.2) is 5.78 Å². The average Bonchev–Trinajstić information content (AvgIpc) is 2.92. The Labute approximate surface area is 108 Å². The molecule has 0 aliphatic heterocycles. The highest BCUT2D eigenvalue weighted by atomic mass is 32.1. The zero-order valence-electron chi connectivity index (χ0n) is 10.4. The molecule has 3 aromatic rings. The Hall–Kier alpha value is -1.88. The topological polar surface area (TPSA) is 44.1 Å². The van der Waals surface area contributed by atoms with E-state index in [1.807, 2.05) is 23.7 Å². The van der Waals surface area contributed by atoms with Gasteiger partial charge in [-0.3, -0.25) is 4.79 Å². The molecule has 0 radical (unpaired) electrons. The second-order valence-electron chi connectivity index (χ2n) is 4.21. The lowest BCUT2D eigenvalue weighted by molar-refractivity contribution is 0.102. The summed E-state index contributed by atoms with van der Waals surface area (Å²) in [5.74, 6) is 0.869. The predicted molar refractivity (Wildman–Crippen MR) is 72.7 cm³/mol. The van der Waals surface area contributed by atoms with Crippen LogP contribution >= 0.6 is 11.3 Å². The summed E-state index contributed by atoms with van der Waals surface area (Å²) in [6, 6.07) is 3.88. The molecule has 5 heteroatoms. The molecule has 3 rings (SSSR count). The summed E-state index contributed by atoms with van der Waals surface area (Å²) in [6.45, 7) is 1.58. The van der Waals surface area contributed by atoms with Crippen molar-refractivity contribution in [2.75, 3.05) is 7.11 Å². The van der Waals surface area contributed by atoms with Crippen LogP contribution in [0.15, 0.2) is 18.5 Å². The Morgan fingerprint density at radius 1 is 1.44 bits per heavy atom. The minimum atomic E-state index is 0.0826. The van der Waals surface area contributed by atoms with E-state index in [9.17, 15) is 4.79 Å². The monoisotopic (exact) mass is 260 g/mol. The summed E-state index contributed by atoms with van der Waals surface area (Å²) < 4.78 is 8.37. The minimum absolute atomic E-state index is 0.0826. The molecule has 18 heavy (non-hydrogen) atoms. The van der Waals surface area contributed by atoms with Gasteiger partial charge >= 0.3 is 0 Å². The summed E-state index contributed by atoms with van der Waals surface area (Å²) in [6.07, 6.45) is 1.76. The number of benzene rings is 1. The Bertz CT molecular complexity index is 770. The van der Waals surface area contributed by atoms with Gasteiger partial charge in [0, 0.05) is 23.2 Å². The maximum atomic E-state index is 11.5. The van der Waals surface area contributed by atoms with Gasteiger partial charge in [-0.1, -0.05) is 0 Å². The van der Waals surface area contributed by atoms with Gasteiger partial charge in [0.05, 0.1) is 18.3 Å². The summed E-state index contributed by atoms with van der Waals surface area (Å²) in [5, 5.41) is 1.02. The van der Waals surface area contributed by atoms with E-state index in [2.05, 4.69) is 4.98 Å². The SMILES string of the molecule is COc1cc2sc(C(C)=O)cc2c2ncn(C)c12. The van der Waals surface area contributed by atoms with E-state index in [0.717, 1.165) is 31.7 Å². The van der Waals surface area contributed by atoms with Crippen molar-refractivity contribution in [1.29, 1.82) is 0 Å². The average molecular weight is 260 g/mol. The van der Waals surface area contributed by atoms with Crippen molar-refractivity contribution >= 4 is 38.2 Å². The van der Waals surface area contributed by atoms with Gasteiger partial charge in [-0.25, -0.2) is 4.98 Å². The number of thiophene rings is 1. The van der Waals surface area contributed by atoms with Crippen LogP contribution in [-0.4, -0.2) is 22.4 Å². The number of carbonyl (C=O) groups is 1. The second kappa shape index (κ2) is 3.81. The number of methoxy groups -OCH3 is 1. The first-order chi connectivity index (χ1) is 8.61. The maximum Gasteiger partial charge on any atom is 0.169 e. The lowest BCUT2D eigenvalue weighted by Crippen LogP contribution is -1.90. The molecule has 0 aliphatic rings. The number of imidazole rings is 1. The molecule has 0 N–H and O–H groups in total. The quantitative estimate of drug-likeness (QED) is 0.665. The molecule has 0 unspecified atom stereocenters. The van der Waals surface area contributed by atoms with Crippen LogP contribution in [-0.2, 0) is 7.05 Å². The van der Waals surface area contributed by atoms with E-state index < -0.39 is 0 Å². The molecule has 0 spiro atoms. The number of ether oxygens (including phenoxy) is 1. The number of carbonyl (C=O) groups excluding carboxylic acids is 1. The number of Topliss-reactive ketones (excluding diaryl/α,β-unsaturated/α-hetero) is 1. The Balaban J connectivity index is 2.48. The third kappa shape index (κ3) is 1.44. The first-order valence-corrected chi connectivity index (χ1v) is 6.36. The first-order valence-electron chi connectivity index (χ1n) is 5.54. The van der Waals surface area contributed by atoms with Crippen LogP contribution in [0, 0.1) is 0 Å². The van der Waals surface area contributed by atoms with E-state index >= 15 is 0 Å². The summed E-state index contributed by atoms with van der Waals surface area (Å²) >= 11 is 1.48. The maximum absolute atomic E-state index is 11.5. The van der Waals surface area contributed by atoms with E-state index in [-0.39, 0.29) is 5.78 Å². The highest BCUT2D eigenvalue weighted by Crippen LogP contribution is 2.37. The van der Waals surface area contributed by atoms with Crippen molar-refractivity contribution in [3.05, 3.63) is 23.3 Å². The fraction of sp³-hybridized carbons (Fsp3) is 0.231. The number of aryl methyl sites for hydroxylation is 1. The summed E-state index contributed by atoms with van der Waals surface area (Å²) in [5.41, 5.74) is 1.84. The fourth-order valence-electron chi connectivity index (χ4n) is 2.13. The summed E-state index contributed by atoms with van der Waals surface area (Å²) in [4.78, 5) is 16.6. The van der Waals surface area contributed by atoms with Gasteiger partial charge in [0.1, 0.15) is 16.8 Å². The number of rotatable bonds is 2. The van der Waals surface area contributed by atoms with Crippen LogP contribution in [0.1, 0.15) is 16.6 Å². The molecule has 2 heterocycles. The third-order valence-corrected chi connectivity index (χ3v) is 4.20. The zero-order chi connectivity index (χ0) is 12.9. The second-order valence-corrected chi connectivity index (χ2v) is 5.29. The standard InChI is InChI=1S/C13H12N2O2S/c1-7(16)10-4-8-11(18-10)5-9(17-3)13-12(8)14-6-15(13)2/h4-6H,1-3H3. The van der Waals surface area contributed by atoms with E-state index in [0.29, 0.717) is 0 Å². The normalized spacial score (nSPS) is 11.3. The van der Waals surface area contributed by atoms with Gasteiger partial charge in [-0.15, -0.1) is 11.3 Å². The molecule has 92 valence electrons. The largest absolute Gasteiger partial charge is 0.494 e. The van der Waals surface area contributed by atoms with Gasteiger partial charge in [0.25, 0.3) is 0 Å².